The summed E-state index contributed by atoms with van der Waals surface area (Å²) in [6, 6.07) is 12.4. The van der Waals surface area contributed by atoms with Crippen molar-refractivity contribution < 1.29 is 9.13 Å². The first-order valence-electron chi connectivity index (χ1n) is 5.93. The van der Waals surface area contributed by atoms with E-state index in [-0.39, 0.29) is 11.2 Å². The minimum atomic E-state index is -0.377. The van der Waals surface area contributed by atoms with Crippen LogP contribution in [0.4, 0.5) is 4.39 Å². The van der Waals surface area contributed by atoms with Gasteiger partial charge in [0.2, 0.25) is 0 Å². The van der Waals surface area contributed by atoms with Gasteiger partial charge in [-0.1, -0.05) is 18.2 Å². The molecule has 0 saturated heterocycles. The van der Waals surface area contributed by atoms with Gasteiger partial charge in [0.1, 0.15) is 11.6 Å². The second-order valence-electron chi connectivity index (χ2n) is 4.04. The van der Waals surface area contributed by atoms with E-state index in [0.717, 1.165) is 16.9 Å². The van der Waals surface area contributed by atoms with Gasteiger partial charge in [0, 0.05) is 0 Å². The largest absolute Gasteiger partial charge is 0.494 e. The molecule has 0 fully saturated rings. The Bertz CT molecular complexity index is 557. The molecule has 0 aliphatic heterocycles. The number of hydrogen-bond acceptors (Lipinski definition) is 1. The molecular weight excluding hydrogens is 331 g/mol. The zero-order chi connectivity index (χ0) is 13.8. The van der Waals surface area contributed by atoms with Crippen molar-refractivity contribution in [2.75, 3.05) is 6.61 Å². The Balaban J connectivity index is 2.22. The molecule has 2 rings (SSSR count). The molecule has 2 aromatic carbocycles. The third-order valence-electron chi connectivity index (χ3n) is 2.72. The number of alkyl halides is 1. The Morgan fingerprint density at radius 2 is 1.79 bits per heavy atom. The lowest BCUT2D eigenvalue weighted by molar-refractivity contribution is 0.340. The third-order valence-corrected chi connectivity index (χ3v) is 3.87. The Labute approximate surface area is 125 Å². The molecule has 100 valence electrons. The highest BCUT2D eigenvalue weighted by molar-refractivity contribution is 9.10. The fraction of sp³-hybridized carbons (Fsp3) is 0.200. The van der Waals surface area contributed by atoms with Crippen molar-refractivity contribution in [2.24, 2.45) is 0 Å². The molecule has 1 nitrogen and oxygen atoms in total. The van der Waals surface area contributed by atoms with Crippen LogP contribution in [0, 0.1) is 5.82 Å². The number of ether oxygens (including phenoxy) is 1. The zero-order valence-electron chi connectivity index (χ0n) is 10.4. The molecule has 1 atom stereocenters. The molecule has 0 heterocycles. The maximum Gasteiger partial charge on any atom is 0.137 e. The number of benzene rings is 2. The molecule has 1 unspecified atom stereocenters. The minimum absolute atomic E-state index is 0.311. The minimum Gasteiger partial charge on any atom is -0.494 e. The lowest BCUT2D eigenvalue weighted by Crippen LogP contribution is -1.96. The average Bonchev–Trinajstić information content (AvgIpc) is 2.42. The van der Waals surface area contributed by atoms with Crippen LogP contribution in [0.15, 0.2) is 46.9 Å². The summed E-state index contributed by atoms with van der Waals surface area (Å²) in [4.78, 5) is 0. The van der Waals surface area contributed by atoms with Crippen molar-refractivity contribution in [1.82, 2.24) is 0 Å². The Morgan fingerprint density at radius 3 is 2.37 bits per heavy atom. The fourth-order valence-electron chi connectivity index (χ4n) is 1.76. The normalized spacial score (nSPS) is 12.2. The van der Waals surface area contributed by atoms with Crippen LogP contribution in [0.5, 0.6) is 5.75 Å². The standard InChI is InChI=1S/C15H13BrClFO/c1-2-19-12-6-3-10(4-7-12)15(17)11-5-8-13(16)14(18)9-11/h3-9,15H,2H2,1H3. The van der Waals surface area contributed by atoms with E-state index in [1.165, 1.54) is 6.07 Å². The predicted molar refractivity (Wildman–Crippen MR) is 79.4 cm³/mol. The highest BCUT2D eigenvalue weighted by Gasteiger charge is 2.12. The number of rotatable bonds is 4. The Morgan fingerprint density at radius 1 is 1.16 bits per heavy atom. The maximum atomic E-state index is 13.5. The summed E-state index contributed by atoms with van der Waals surface area (Å²) in [6.07, 6.45) is 0. The van der Waals surface area contributed by atoms with Gasteiger partial charge in [-0.25, -0.2) is 4.39 Å². The molecule has 0 spiro atoms. The summed E-state index contributed by atoms with van der Waals surface area (Å²) in [5, 5.41) is -0.377. The van der Waals surface area contributed by atoms with Gasteiger partial charge < -0.3 is 4.74 Å². The zero-order valence-corrected chi connectivity index (χ0v) is 12.7. The first-order valence-corrected chi connectivity index (χ1v) is 7.16. The van der Waals surface area contributed by atoms with Crippen molar-refractivity contribution >= 4 is 27.5 Å². The van der Waals surface area contributed by atoms with Gasteiger partial charge in [0.25, 0.3) is 0 Å². The molecule has 0 bridgehead atoms. The number of halogens is 3. The summed E-state index contributed by atoms with van der Waals surface area (Å²) < 4.78 is 19.3. The fourth-order valence-corrected chi connectivity index (χ4v) is 2.29. The monoisotopic (exact) mass is 342 g/mol. The van der Waals surface area contributed by atoms with E-state index in [2.05, 4.69) is 15.9 Å². The first-order chi connectivity index (χ1) is 9.11. The molecule has 2 aromatic rings. The Hall–Kier alpha value is -1.06. The molecule has 0 saturated carbocycles. The highest BCUT2D eigenvalue weighted by atomic mass is 79.9. The van der Waals surface area contributed by atoms with Crippen LogP contribution in [0.3, 0.4) is 0 Å². The van der Waals surface area contributed by atoms with Crippen LogP contribution in [-0.4, -0.2) is 6.61 Å². The predicted octanol–water partition coefficient (Wildman–Crippen LogP) is 5.32. The lowest BCUT2D eigenvalue weighted by Gasteiger charge is -2.12. The van der Waals surface area contributed by atoms with Crippen LogP contribution >= 0.6 is 27.5 Å². The first kappa shape index (κ1) is 14.4. The van der Waals surface area contributed by atoms with E-state index in [4.69, 9.17) is 16.3 Å². The van der Waals surface area contributed by atoms with Crippen LogP contribution in [0.25, 0.3) is 0 Å². The van der Waals surface area contributed by atoms with E-state index >= 15 is 0 Å². The second kappa shape index (κ2) is 6.40. The van der Waals surface area contributed by atoms with E-state index < -0.39 is 0 Å². The highest BCUT2D eigenvalue weighted by Crippen LogP contribution is 2.31. The maximum absolute atomic E-state index is 13.5. The van der Waals surface area contributed by atoms with Gasteiger partial charge >= 0.3 is 0 Å². The van der Waals surface area contributed by atoms with Gasteiger partial charge in [-0.3, -0.25) is 0 Å². The van der Waals surface area contributed by atoms with Crippen LogP contribution in [0.1, 0.15) is 23.4 Å². The Kier molecular flexibility index (Phi) is 4.83. The van der Waals surface area contributed by atoms with Crippen molar-refractivity contribution in [3.63, 3.8) is 0 Å². The van der Waals surface area contributed by atoms with Crippen molar-refractivity contribution in [2.45, 2.75) is 12.3 Å². The van der Waals surface area contributed by atoms with Crippen molar-refractivity contribution in [1.29, 1.82) is 0 Å². The van der Waals surface area contributed by atoms with Gasteiger partial charge in [0.05, 0.1) is 16.5 Å². The van der Waals surface area contributed by atoms with Gasteiger partial charge in [-0.05, 0) is 58.2 Å². The van der Waals surface area contributed by atoms with Crippen molar-refractivity contribution in [3.8, 4) is 5.75 Å². The van der Waals surface area contributed by atoms with E-state index in [1.54, 1.807) is 12.1 Å². The quantitative estimate of drug-likeness (QED) is 0.683. The van der Waals surface area contributed by atoms with E-state index in [9.17, 15) is 4.39 Å². The molecule has 19 heavy (non-hydrogen) atoms. The van der Waals surface area contributed by atoms with E-state index in [1.807, 2.05) is 31.2 Å². The summed E-state index contributed by atoms with van der Waals surface area (Å²) in [5.41, 5.74) is 1.64. The molecule has 0 amide bonds. The molecule has 0 radical (unpaired) electrons. The van der Waals surface area contributed by atoms with Gasteiger partial charge in [-0.2, -0.15) is 0 Å². The lowest BCUT2D eigenvalue weighted by atomic mass is 10.0. The van der Waals surface area contributed by atoms with Crippen LogP contribution in [0.2, 0.25) is 0 Å². The summed E-state index contributed by atoms with van der Waals surface area (Å²) >= 11 is 9.49. The number of hydrogen-bond donors (Lipinski definition) is 0. The SMILES string of the molecule is CCOc1ccc(C(Cl)c2ccc(Br)c(F)c2)cc1. The average molecular weight is 344 g/mol. The molecule has 4 heteroatoms. The summed E-state index contributed by atoms with van der Waals surface area (Å²) in [5.74, 6) is 0.492. The molecule has 0 N–H and O–H groups in total. The topological polar surface area (TPSA) is 9.23 Å². The van der Waals surface area contributed by atoms with Crippen LogP contribution in [-0.2, 0) is 0 Å². The van der Waals surface area contributed by atoms with Crippen molar-refractivity contribution in [3.05, 3.63) is 63.9 Å². The summed E-state index contributed by atoms with van der Waals surface area (Å²) in [7, 11) is 0. The smallest absolute Gasteiger partial charge is 0.137 e. The second-order valence-corrected chi connectivity index (χ2v) is 5.33. The third kappa shape index (κ3) is 3.48. The molecular formula is C15H13BrClFO. The van der Waals surface area contributed by atoms with Gasteiger partial charge in [0.15, 0.2) is 0 Å². The summed E-state index contributed by atoms with van der Waals surface area (Å²) in [6.45, 7) is 2.56. The van der Waals surface area contributed by atoms with E-state index in [0.29, 0.717) is 11.1 Å². The molecule has 0 aliphatic carbocycles. The molecule has 0 aromatic heterocycles. The van der Waals surface area contributed by atoms with Crippen LogP contribution < -0.4 is 4.74 Å². The molecule has 0 aliphatic rings. The van der Waals surface area contributed by atoms with Gasteiger partial charge in [-0.15, -0.1) is 11.6 Å².